The molecule has 0 aliphatic carbocycles. The molecule has 3 amide bonds. The van der Waals surface area contributed by atoms with Crippen LogP contribution in [0.5, 0.6) is 0 Å². The Kier molecular flexibility index (Phi) is 6.49. The minimum atomic E-state index is -0.380. The molecule has 0 aromatic heterocycles. The molecule has 148 valence electrons. The summed E-state index contributed by atoms with van der Waals surface area (Å²) in [5.41, 5.74) is 1.11. The molecule has 2 heterocycles. The molecule has 1 aromatic rings. The van der Waals surface area contributed by atoms with E-state index in [0.29, 0.717) is 43.4 Å². The molecule has 2 aliphatic rings. The molecule has 27 heavy (non-hydrogen) atoms. The zero-order valence-corrected chi connectivity index (χ0v) is 15.7. The number of urea groups is 1. The molecule has 2 saturated heterocycles. The lowest BCUT2D eigenvalue weighted by Crippen LogP contribution is -2.48. The van der Waals surface area contributed by atoms with Crippen molar-refractivity contribution in [1.29, 1.82) is 0 Å². The molecule has 0 saturated carbocycles. The fraction of sp³-hybridized carbons (Fsp3) is 0.579. The lowest BCUT2D eigenvalue weighted by atomic mass is 9.99. The number of rotatable bonds is 5. The number of ether oxygens (including phenoxy) is 1. The normalized spacial score (nSPS) is 20.4. The van der Waals surface area contributed by atoms with Crippen LogP contribution in [0, 0.1) is 11.7 Å². The summed E-state index contributed by atoms with van der Waals surface area (Å²) < 4.78 is 19.7. The minimum absolute atomic E-state index is 0.106. The van der Waals surface area contributed by atoms with Gasteiger partial charge in [0.2, 0.25) is 5.91 Å². The van der Waals surface area contributed by atoms with E-state index in [-0.39, 0.29) is 30.8 Å². The molecular weight excluding hydrogens is 351 g/mol. The van der Waals surface area contributed by atoms with Gasteiger partial charge in [-0.2, -0.15) is 0 Å². The third-order valence-corrected chi connectivity index (χ3v) is 5.04. The minimum Gasteiger partial charge on any atom is -0.384 e. The van der Waals surface area contributed by atoms with Crippen LogP contribution >= 0.6 is 0 Å². The maximum Gasteiger partial charge on any atom is 0.317 e. The Morgan fingerprint density at radius 3 is 3.00 bits per heavy atom. The largest absolute Gasteiger partial charge is 0.384 e. The van der Waals surface area contributed by atoms with Crippen molar-refractivity contribution in [2.24, 2.45) is 5.92 Å². The molecule has 8 heteroatoms. The van der Waals surface area contributed by atoms with Crippen molar-refractivity contribution >= 4 is 17.6 Å². The average molecular weight is 378 g/mol. The lowest BCUT2D eigenvalue weighted by molar-refractivity contribution is -0.120. The fourth-order valence-corrected chi connectivity index (χ4v) is 3.67. The molecular formula is C19H27FN4O3. The molecule has 7 nitrogen and oxygen atoms in total. The number of amides is 3. The summed E-state index contributed by atoms with van der Waals surface area (Å²) in [6.45, 7) is 3.59. The standard InChI is InChI=1S/C19H27FN4O3/c1-27-13-15-3-2-7-24(11-15)19(26)22-10-14-4-5-17(16(20)9-14)23-8-6-21-18(25)12-23/h4-5,9,15H,2-3,6-8,10-13H2,1H3,(H,21,25)(H,22,26). The predicted octanol–water partition coefficient (Wildman–Crippen LogP) is 1.33. The molecule has 2 aliphatic heterocycles. The molecule has 2 N–H and O–H groups in total. The molecule has 0 radical (unpaired) electrons. The number of benzene rings is 1. The van der Waals surface area contributed by atoms with Gasteiger partial charge < -0.3 is 25.2 Å². The second-order valence-electron chi connectivity index (χ2n) is 7.13. The van der Waals surface area contributed by atoms with Crippen molar-refractivity contribution < 1.29 is 18.7 Å². The number of methoxy groups -OCH3 is 1. The van der Waals surface area contributed by atoms with Gasteiger partial charge in [0.1, 0.15) is 5.82 Å². The highest BCUT2D eigenvalue weighted by atomic mass is 19.1. The van der Waals surface area contributed by atoms with Crippen molar-refractivity contribution in [2.45, 2.75) is 19.4 Å². The summed E-state index contributed by atoms with van der Waals surface area (Å²) in [5, 5.41) is 5.59. The molecule has 3 rings (SSSR count). The second kappa shape index (κ2) is 9.03. The number of carbonyl (C=O) groups is 2. The molecule has 1 aromatic carbocycles. The highest BCUT2D eigenvalue weighted by Gasteiger charge is 2.23. The lowest BCUT2D eigenvalue weighted by Gasteiger charge is -2.32. The molecule has 2 fully saturated rings. The van der Waals surface area contributed by atoms with E-state index in [1.807, 2.05) is 0 Å². The van der Waals surface area contributed by atoms with Gasteiger partial charge in [-0.05, 0) is 30.5 Å². The van der Waals surface area contributed by atoms with Crippen LogP contribution in [0.2, 0.25) is 0 Å². The van der Waals surface area contributed by atoms with Crippen LogP contribution < -0.4 is 15.5 Å². The average Bonchev–Trinajstić information content (AvgIpc) is 2.66. The summed E-state index contributed by atoms with van der Waals surface area (Å²) in [6, 6.07) is 4.75. The van der Waals surface area contributed by atoms with E-state index in [1.165, 1.54) is 6.07 Å². The van der Waals surface area contributed by atoms with Crippen LogP contribution in [-0.2, 0) is 16.1 Å². The number of hydrogen-bond donors (Lipinski definition) is 2. The molecule has 0 spiro atoms. The first-order valence-electron chi connectivity index (χ1n) is 9.38. The Labute approximate surface area is 158 Å². The van der Waals surface area contributed by atoms with Gasteiger partial charge in [0.15, 0.2) is 0 Å². The van der Waals surface area contributed by atoms with E-state index in [2.05, 4.69) is 10.6 Å². The topological polar surface area (TPSA) is 73.9 Å². The summed E-state index contributed by atoms with van der Waals surface area (Å²) >= 11 is 0. The van der Waals surface area contributed by atoms with Crippen LogP contribution in [0.3, 0.4) is 0 Å². The Hall–Kier alpha value is -2.35. The highest BCUT2D eigenvalue weighted by Crippen LogP contribution is 2.21. The fourth-order valence-electron chi connectivity index (χ4n) is 3.67. The zero-order valence-electron chi connectivity index (χ0n) is 15.7. The number of piperazine rings is 1. The van der Waals surface area contributed by atoms with Gasteiger partial charge >= 0.3 is 6.03 Å². The summed E-state index contributed by atoms with van der Waals surface area (Å²) in [4.78, 5) is 27.4. The van der Waals surface area contributed by atoms with E-state index in [9.17, 15) is 14.0 Å². The van der Waals surface area contributed by atoms with Gasteiger partial charge in [0.05, 0.1) is 18.8 Å². The number of halogens is 1. The van der Waals surface area contributed by atoms with Crippen molar-refractivity contribution in [1.82, 2.24) is 15.5 Å². The third-order valence-electron chi connectivity index (χ3n) is 5.04. The van der Waals surface area contributed by atoms with Gasteiger partial charge in [0, 0.05) is 45.8 Å². The smallest absolute Gasteiger partial charge is 0.317 e. The van der Waals surface area contributed by atoms with E-state index >= 15 is 0 Å². The quantitative estimate of drug-likeness (QED) is 0.811. The summed E-state index contributed by atoms with van der Waals surface area (Å²) in [7, 11) is 1.67. The van der Waals surface area contributed by atoms with Gasteiger partial charge in [-0.25, -0.2) is 9.18 Å². The van der Waals surface area contributed by atoms with Gasteiger partial charge in [-0.3, -0.25) is 4.79 Å². The highest BCUT2D eigenvalue weighted by molar-refractivity contribution is 5.82. The SMILES string of the molecule is COCC1CCCN(C(=O)NCc2ccc(N3CCNC(=O)C3)c(F)c2)C1. The maximum absolute atomic E-state index is 14.5. The van der Waals surface area contributed by atoms with Gasteiger partial charge in [0.25, 0.3) is 0 Å². The first-order valence-corrected chi connectivity index (χ1v) is 9.38. The number of carbonyl (C=O) groups excluding carboxylic acids is 2. The van der Waals surface area contributed by atoms with Crippen LogP contribution in [0.1, 0.15) is 18.4 Å². The molecule has 0 bridgehead atoms. The van der Waals surface area contributed by atoms with Gasteiger partial charge in [-0.15, -0.1) is 0 Å². The van der Waals surface area contributed by atoms with Crippen molar-refractivity contribution in [3.63, 3.8) is 0 Å². The first kappa shape index (κ1) is 19.4. The Bertz CT molecular complexity index is 683. The van der Waals surface area contributed by atoms with Crippen LogP contribution in [0.15, 0.2) is 18.2 Å². The first-order chi connectivity index (χ1) is 13.1. The summed E-state index contributed by atoms with van der Waals surface area (Å²) in [5.74, 6) is -0.118. The second-order valence-corrected chi connectivity index (χ2v) is 7.13. The van der Waals surface area contributed by atoms with Crippen LogP contribution in [-0.4, -0.2) is 63.3 Å². The van der Waals surface area contributed by atoms with Crippen LogP contribution in [0.25, 0.3) is 0 Å². The number of nitrogens with zero attached hydrogens (tertiary/aromatic N) is 2. The van der Waals surface area contributed by atoms with Crippen LogP contribution in [0.4, 0.5) is 14.9 Å². The van der Waals surface area contributed by atoms with Crippen molar-refractivity contribution in [3.8, 4) is 0 Å². The van der Waals surface area contributed by atoms with Gasteiger partial charge in [-0.1, -0.05) is 6.07 Å². The zero-order chi connectivity index (χ0) is 19.2. The molecule has 1 unspecified atom stereocenters. The van der Waals surface area contributed by atoms with Crippen molar-refractivity contribution in [2.75, 3.05) is 51.3 Å². The monoisotopic (exact) mass is 378 g/mol. The van der Waals surface area contributed by atoms with E-state index in [4.69, 9.17) is 4.74 Å². The summed E-state index contributed by atoms with van der Waals surface area (Å²) in [6.07, 6.45) is 2.03. The number of likely N-dealkylation sites (tertiary alicyclic amines) is 1. The van der Waals surface area contributed by atoms with E-state index in [1.54, 1.807) is 29.0 Å². The van der Waals surface area contributed by atoms with E-state index in [0.717, 1.165) is 19.4 Å². The van der Waals surface area contributed by atoms with E-state index < -0.39 is 0 Å². The Morgan fingerprint density at radius 1 is 1.41 bits per heavy atom. The molecule has 1 atom stereocenters. The number of hydrogen-bond acceptors (Lipinski definition) is 4. The number of piperidine rings is 1. The Morgan fingerprint density at radius 2 is 2.26 bits per heavy atom. The third kappa shape index (κ3) is 5.09. The predicted molar refractivity (Wildman–Crippen MR) is 100 cm³/mol. The van der Waals surface area contributed by atoms with Crippen molar-refractivity contribution in [3.05, 3.63) is 29.6 Å². The maximum atomic E-state index is 14.5. The number of anilines is 1. The Balaban J connectivity index is 1.54. The number of nitrogens with one attached hydrogen (secondary N) is 2.